The van der Waals surface area contributed by atoms with E-state index in [1.54, 1.807) is 0 Å². The largest absolute Gasteiger partial charge is 0.478 e. The Morgan fingerprint density at radius 3 is 2.78 bits per heavy atom. The third kappa shape index (κ3) is 2.55. The fraction of sp³-hybridized carbons (Fsp3) is 0. The van der Waals surface area contributed by atoms with Crippen LogP contribution < -0.4 is 0 Å². The van der Waals surface area contributed by atoms with Gasteiger partial charge in [-0.25, -0.2) is 9.18 Å². The Balaban J connectivity index is 2.67. The van der Waals surface area contributed by atoms with Gasteiger partial charge in [-0.2, -0.15) is 5.10 Å². The number of H-pyrrole nitrogens is 1. The number of halogens is 2. The highest BCUT2D eigenvalue weighted by molar-refractivity contribution is 7.71. The van der Waals surface area contributed by atoms with Crippen LogP contribution in [0.15, 0.2) is 24.3 Å². The van der Waals surface area contributed by atoms with Gasteiger partial charge in [0.15, 0.2) is 0 Å². The number of carboxylic acids is 1. The Bertz CT molecular complexity index is 687. The molecule has 1 aromatic heterocycles. The predicted molar refractivity (Wildman–Crippen MR) is 66.8 cm³/mol. The van der Waals surface area contributed by atoms with Gasteiger partial charge in [-0.3, -0.25) is 5.10 Å². The molecule has 2 aromatic rings. The van der Waals surface area contributed by atoms with Gasteiger partial charge in [0, 0.05) is 5.56 Å². The highest BCUT2D eigenvalue weighted by Crippen LogP contribution is 2.24. The second-order valence-corrected chi connectivity index (χ2v) is 4.26. The maximum Gasteiger partial charge on any atom is 0.335 e. The van der Waals surface area contributed by atoms with Crippen LogP contribution in [0.1, 0.15) is 10.4 Å². The molecule has 92 valence electrons. The summed E-state index contributed by atoms with van der Waals surface area (Å²) in [5.74, 6) is -1.88. The Kier molecular flexibility index (Phi) is 3.40. The van der Waals surface area contributed by atoms with Gasteiger partial charge in [0.25, 0.3) is 0 Å². The van der Waals surface area contributed by atoms with Gasteiger partial charge in [-0.1, -0.05) is 23.8 Å². The van der Waals surface area contributed by atoms with E-state index in [0.29, 0.717) is 11.1 Å². The number of hydrogen-bond acceptors (Lipinski definition) is 3. The van der Waals surface area contributed by atoms with Crippen molar-refractivity contribution in [2.45, 2.75) is 0 Å². The average Bonchev–Trinajstić information content (AvgIpc) is 2.31. The number of rotatable bonds is 2. The topological polar surface area (TPSA) is 66.0 Å². The van der Waals surface area contributed by atoms with Crippen molar-refractivity contribution in [1.29, 1.82) is 0 Å². The molecule has 0 spiro atoms. The molecule has 0 saturated heterocycles. The predicted octanol–water partition coefficient (Wildman–Crippen LogP) is 3.30. The maximum atomic E-state index is 13.3. The van der Waals surface area contributed by atoms with Gasteiger partial charge in [-0.05, 0) is 29.8 Å². The van der Waals surface area contributed by atoms with Crippen molar-refractivity contribution in [2.24, 2.45) is 0 Å². The van der Waals surface area contributed by atoms with Crippen LogP contribution in [0.5, 0.6) is 0 Å². The number of nitrogens with one attached hydrogen (secondary N) is 1. The molecule has 0 atom stereocenters. The van der Waals surface area contributed by atoms with Gasteiger partial charge in [0.1, 0.15) is 15.6 Å². The molecule has 0 unspecified atom stereocenters. The number of benzene rings is 1. The molecular weight excluding hydrogens is 279 g/mol. The Morgan fingerprint density at radius 2 is 2.11 bits per heavy atom. The lowest BCUT2D eigenvalue weighted by molar-refractivity contribution is 0.0696. The number of aromatic amines is 1. The van der Waals surface area contributed by atoms with Crippen molar-refractivity contribution < 1.29 is 14.3 Å². The number of hydrogen-bond donors (Lipinski definition) is 2. The summed E-state index contributed by atoms with van der Waals surface area (Å²) in [5, 5.41) is 15.2. The van der Waals surface area contributed by atoms with Gasteiger partial charge in [0.05, 0.1) is 5.56 Å². The molecule has 0 aliphatic rings. The van der Waals surface area contributed by atoms with E-state index in [9.17, 15) is 9.18 Å². The summed E-state index contributed by atoms with van der Waals surface area (Å²) in [7, 11) is 0. The minimum Gasteiger partial charge on any atom is -0.478 e. The molecule has 2 rings (SSSR count). The molecule has 7 heteroatoms. The first kappa shape index (κ1) is 12.7. The van der Waals surface area contributed by atoms with Crippen molar-refractivity contribution in [2.75, 3.05) is 0 Å². The van der Waals surface area contributed by atoms with E-state index < -0.39 is 11.8 Å². The van der Waals surface area contributed by atoms with Gasteiger partial charge in [0.2, 0.25) is 0 Å². The maximum absolute atomic E-state index is 13.3. The minimum absolute atomic E-state index is 0.153. The van der Waals surface area contributed by atoms with E-state index in [2.05, 4.69) is 10.2 Å². The molecule has 18 heavy (non-hydrogen) atoms. The molecule has 2 N–H and O–H groups in total. The smallest absolute Gasteiger partial charge is 0.335 e. The number of carbonyl (C=O) groups is 1. The summed E-state index contributed by atoms with van der Waals surface area (Å²) in [6.07, 6.45) is 0. The van der Waals surface area contributed by atoms with Crippen LogP contribution in [0.25, 0.3) is 11.1 Å². The standard InChI is InChI=1S/C11H6ClFN2O2S/c12-9-4-8(10(18)15-14-9)5-1-6(11(16)17)3-7(13)2-5/h1-4H,(H,15,18)(H,16,17). The minimum atomic E-state index is -1.22. The van der Waals surface area contributed by atoms with Crippen molar-refractivity contribution in [3.05, 3.63) is 45.4 Å². The molecule has 1 aromatic carbocycles. The van der Waals surface area contributed by atoms with Crippen molar-refractivity contribution in [3.8, 4) is 11.1 Å². The Labute approximate surface area is 111 Å². The molecule has 0 radical (unpaired) electrons. The van der Waals surface area contributed by atoms with Crippen molar-refractivity contribution >= 4 is 29.8 Å². The number of nitrogens with zero attached hydrogens (tertiary/aromatic N) is 1. The van der Waals surface area contributed by atoms with Crippen LogP contribution in [0.3, 0.4) is 0 Å². The summed E-state index contributed by atoms with van der Waals surface area (Å²) in [6, 6.07) is 4.88. The molecule has 0 aliphatic heterocycles. The summed E-state index contributed by atoms with van der Waals surface area (Å²) in [5.41, 5.74) is 0.595. The van der Waals surface area contributed by atoms with Crippen LogP contribution in [0.2, 0.25) is 5.15 Å². The highest BCUT2D eigenvalue weighted by atomic mass is 35.5. The van der Waals surface area contributed by atoms with Gasteiger partial charge < -0.3 is 5.11 Å². The van der Waals surface area contributed by atoms with E-state index >= 15 is 0 Å². The fourth-order valence-corrected chi connectivity index (χ4v) is 1.84. The zero-order chi connectivity index (χ0) is 13.3. The second-order valence-electron chi connectivity index (χ2n) is 3.47. The lowest BCUT2D eigenvalue weighted by Crippen LogP contribution is -1.98. The summed E-state index contributed by atoms with van der Waals surface area (Å²) >= 11 is 10.7. The SMILES string of the molecule is O=C(O)c1cc(F)cc(-c2cc(Cl)n[nH]c2=S)c1. The van der Waals surface area contributed by atoms with Crippen LogP contribution in [0.4, 0.5) is 4.39 Å². The quantitative estimate of drug-likeness (QED) is 0.831. The molecule has 1 heterocycles. The molecule has 4 nitrogen and oxygen atoms in total. The first-order valence-corrected chi connectivity index (χ1v) is 5.55. The van der Waals surface area contributed by atoms with Crippen LogP contribution in [-0.2, 0) is 0 Å². The fourth-order valence-electron chi connectivity index (χ4n) is 1.46. The summed E-state index contributed by atoms with van der Waals surface area (Å²) in [4.78, 5) is 10.8. The number of carboxylic acid groups (broad SMARTS) is 1. The monoisotopic (exact) mass is 284 g/mol. The van der Waals surface area contributed by atoms with E-state index in [1.807, 2.05) is 0 Å². The van der Waals surface area contributed by atoms with Gasteiger partial charge >= 0.3 is 5.97 Å². The first-order chi connectivity index (χ1) is 8.47. The molecular formula is C11H6ClFN2O2S. The zero-order valence-electron chi connectivity index (χ0n) is 8.78. The van der Waals surface area contributed by atoms with E-state index in [-0.39, 0.29) is 15.4 Å². The normalized spacial score (nSPS) is 10.3. The van der Waals surface area contributed by atoms with E-state index in [0.717, 1.165) is 6.07 Å². The summed E-state index contributed by atoms with van der Waals surface area (Å²) in [6.45, 7) is 0. The lowest BCUT2D eigenvalue weighted by Gasteiger charge is -2.04. The van der Waals surface area contributed by atoms with Crippen molar-refractivity contribution in [1.82, 2.24) is 10.2 Å². The van der Waals surface area contributed by atoms with Crippen LogP contribution in [-0.4, -0.2) is 21.3 Å². The van der Waals surface area contributed by atoms with Gasteiger partial charge in [-0.15, -0.1) is 0 Å². The van der Waals surface area contributed by atoms with Crippen LogP contribution in [0, 0.1) is 10.5 Å². The second kappa shape index (κ2) is 4.83. The molecule has 0 amide bonds. The Hall–Kier alpha value is -1.79. The lowest BCUT2D eigenvalue weighted by atomic mass is 10.0. The first-order valence-electron chi connectivity index (χ1n) is 4.77. The average molecular weight is 285 g/mol. The number of aromatic carboxylic acids is 1. The zero-order valence-corrected chi connectivity index (χ0v) is 10.3. The molecule has 0 saturated carbocycles. The van der Waals surface area contributed by atoms with E-state index in [1.165, 1.54) is 18.2 Å². The highest BCUT2D eigenvalue weighted by Gasteiger charge is 2.10. The number of aromatic nitrogens is 2. The third-order valence-corrected chi connectivity index (χ3v) is 2.73. The van der Waals surface area contributed by atoms with Crippen LogP contribution >= 0.6 is 23.8 Å². The molecule has 0 bridgehead atoms. The molecule has 0 fully saturated rings. The molecule has 0 aliphatic carbocycles. The third-order valence-electron chi connectivity index (χ3n) is 2.23. The summed E-state index contributed by atoms with van der Waals surface area (Å²) < 4.78 is 13.6. The van der Waals surface area contributed by atoms with Crippen molar-refractivity contribution in [3.63, 3.8) is 0 Å². The van der Waals surface area contributed by atoms with E-state index in [4.69, 9.17) is 28.9 Å². The Morgan fingerprint density at radius 1 is 1.39 bits per heavy atom.